The lowest BCUT2D eigenvalue weighted by Gasteiger charge is -2.06. The molecule has 0 aliphatic heterocycles. The number of para-hydroxylation sites is 2. The molecule has 1 aromatic heterocycles. The summed E-state index contributed by atoms with van der Waals surface area (Å²) in [5.74, 6) is -0.166. The van der Waals surface area contributed by atoms with Gasteiger partial charge in [0.05, 0.1) is 17.8 Å². The minimum atomic E-state index is -0.166. The Kier molecular flexibility index (Phi) is 5.65. The van der Waals surface area contributed by atoms with E-state index >= 15 is 0 Å². The van der Waals surface area contributed by atoms with Gasteiger partial charge in [-0.3, -0.25) is 4.79 Å². The highest BCUT2D eigenvalue weighted by atomic mass is 35.5. The van der Waals surface area contributed by atoms with Crippen LogP contribution in [0.3, 0.4) is 0 Å². The van der Waals surface area contributed by atoms with Gasteiger partial charge in [0, 0.05) is 21.8 Å². The van der Waals surface area contributed by atoms with Crippen molar-refractivity contribution >= 4 is 34.8 Å². The van der Waals surface area contributed by atoms with Crippen molar-refractivity contribution in [3.8, 4) is 16.9 Å². The van der Waals surface area contributed by atoms with Crippen molar-refractivity contribution in [2.75, 3.05) is 5.32 Å². The quantitative estimate of drug-likeness (QED) is 0.427. The van der Waals surface area contributed by atoms with Crippen molar-refractivity contribution in [3.05, 3.63) is 101 Å². The van der Waals surface area contributed by atoms with Crippen LogP contribution in [-0.4, -0.2) is 15.7 Å². The summed E-state index contributed by atoms with van der Waals surface area (Å²) >= 11 is 12.7. The van der Waals surface area contributed by atoms with Gasteiger partial charge in [-0.25, -0.2) is 4.68 Å². The largest absolute Gasteiger partial charge is 0.326 e. The first kappa shape index (κ1) is 19.2. The second-order valence-electron chi connectivity index (χ2n) is 6.46. The molecule has 0 atom stereocenters. The molecule has 1 heterocycles. The fraction of sp³-hybridized carbons (Fsp3) is 0.0435. The molecule has 4 nitrogen and oxygen atoms in total. The van der Waals surface area contributed by atoms with Crippen LogP contribution in [0.2, 0.25) is 10.2 Å². The van der Waals surface area contributed by atoms with Crippen LogP contribution in [-0.2, 0) is 11.2 Å². The molecule has 29 heavy (non-hydrogen) atoms. The third kappa shape index (κ3) is 4.34. The Balaban J connectivity index is 1.73. The molecule has 4 aromatic rings. The Hall–Kier alpha value is -3.08. The van der Waals surface area contributed by atoms with E-state index in [4.69, 9.17) is 28.3 Å². The number of aromatic nitrogens is 2. The van der Waals surface area contributed by atoms with Crippen LogP contribution < -0.4 is 5.32 Å². The number of amides is 1. The molecule has 4 rings (SSSR count). The van der Waals surface area contributed by atoms with Crippen LogP contribution in [0.15, 0.2) is 84.9 Å². The number of carbonyl (C=O) groups is 1. The average Bonchev–Trinajstić information content (AvgIpc) is 3.06. The summed E-state index contributed by atoms with van der Waals surface area (Å²) in [7, 11) is 0. The molecular weight excluding hydrogens is 405 g/mol. The van der Waals surface area contributed by atoms with Gasteiger partial charge in [-0.15, -0.1) is 0 Å². The molecular formula is C23H17Cl2N3O. The number of nitrogens with one attached hydrogen (secondary N) is 1. The van der Waals surface area contributed by atoms with E-state index in [1.165, 1.54) is 0 Å². The number of carbonyl (C=O) groups excluding carboxylic acids is 1. The van der Waals surface area contributed by atoms with Crippen molar-refractivity contribution in [2.45, 2.75) is 6.42 Å². The van der Waals surface area contributed by atoms with Gasteiger partial charge in [0.25, 0.3) is 0 Å². The zero-order chi connectivity index (χ0) is 20.2. The zero-order valence-corrected chi connectivity index (χ0v) is 16.9. The third-order valence-corrected chi connectivity index (χ3v) is 5.07. The van der Waals surface area contributed by atoms with E-state index in [-0.39, 0.29) is 12.3 Å². The highest BCUT2D eigenvalue weighted by Crippen LogP contribution is 2.32. The van der Waals surface area contributed by atoms with Crippen molar-refractivity contribution in [1.82, 2.24) is 9.78 Å². The summed E-state index contributed by atoms with van der Waals surface area (Å²) in [6.45, 7) is 0. The molecule has 3 aromatic carbocycles. The normalized spacial score (nSPS) is 10.7. The van der Waals surface area contributed by atoms with E-state index in [1.54, 1.807) is 16.8 Å². The van der Waals surface area contributed by atoms with E-state index < -0.39 is 0 Å². The first-order chi connectivity index (χ1) is 14.1. The fourth-order valence-electron chi connectivity index (χ4n) is 3.05. The topological polar surface area (TPSA) is 46.9 Å². The molecule has 144 valence electrons. The highest BCUT2D eigenvalue weighted by Gasteiger charge is 2.21. The smallest absolute Gasteiger partial charge is 0.228 e. The van der Waals surface area contributed by atoms with E-state index in [0.29, 0.717) is 21.4 Å². The van der Waals surface area contributed by atoms with Crippen LogP contribution >= 0.6 is 23.2 Å². The maximum absolute atomic E-state index is 12.7. The summed E-state index contributed by atoms with van der Waals surface area (Å²) in [5.41, 5.74) is 3.71. The molecule has 0 aliphatic carbocycles. The van der Waals surface area contributed by atoms with Crippen LogP contribution in [0.4, 0.5) is 5.69 Å². The van der Waals surface area contributed by atoms with Gasteiger partial charge in [-0.2, -0.15) is 5.10 Å². The summed E-state index contributed by atoms with van der Waals surface area (Å²) in [6.07, 6.45) is 0.0958. The first-order valence-electron chi connectivity index (χ1n) is 9.05. The number of halogens is 2. The minimum Gasteiger partial charge on any atom is -0.326 e. The van der Waals surface area contributed by atoms with E-state index in [1.807, 2.05) is 72.8 Å². The lowest BCUT2D eigenvalue weighted by Crippen LogP contribution is -2.14. The number of rotatable bonds is 5. The summed E-state index contributed by atoms with van der Waals surface area (Å²) in [5, 5.41) is 8.64. The minimum absolute atomic E-state index is 0.0958. The zero-order valence-electron chi connectivity index (χ0n) is 15.3. The van der Waals surface area contributed by atoms with Crippen LogP contribution in [0.5, 0.6) is 0 Å². The summed E-state index contributed by atoms with van der Waals surface area (Å²) in [6, 6.07) is 26.2. The van der Waals surface area contributed by atoms with Gasteiger partial charge < -0.3 is 5.32 Å². The van der Waals surface area contributed by atoms with Gasteiger partial charge in [-0.1, -0.05) is 71.7 Å². The average molecular weight is 422 g/mol. The monoisotopic (exact) mass is 421 g/mol. The third-order valence-electron chi connectivity index (χ3n) is 4.43. The molecule has 0 saturated carbocycles. The maximum Gasteiger partial charge on any atom is 0.228 e. The van der Waals surface area contributed by atoms with Crippen molar-refractivity contribution in [3.63, 3.8) is 0 Å². The molecule has 0 saturated heterocycles. The Bertz CT molecular complexity index is 1120. The molecule has 6 heteroatoms. The molecule has 0 spiro atoms. The predicted molar refractivity (Wildman–Crippen MR) is 118 cm³/mol. The Morgan fingerprint density at radius 3 is 2.14 bits per heavy atom. The Morgan fingerprint density at radius 1 is 0.862 bits per heavy atom. The summed E-state index contributed by atoms with van der Waals surface area (Å²) in [4.78, 5) is 12.7. The number of hydrogen-bond acceptors (Lipinski definition) is 2. The van der Waals surface area contributed by atoms with Crippen LogP contribution in [0.1, 0.15) is 5.56 Å². The number of benzene rings is 3. The SMILES string of the molecule is O=C(Cc1c(-c2ccc(Cl)cc2)nn(-c2ccccc2)c1Cl)Nc1ccccc1. The molecule has 0 bridgehead atoms. The highest BCUT2D eigenvalue weighted by molar-refractivity contribution is 6.31. The molecule has 0 unspecified atom stereocenters. The predicted octanol–water partition coefficient (Wildman–Crippen LogP) is 6.03. The number of hydrogen-bond donors (Lipinski definition) is 1. The second-order valence-corrected chi connectivity index (χ2v) is 7.26. The van der Waals surface area contributed by atoms with Gasteiger partial charge in [0.2, 0.25) is 5.91 Å². The Morgan fingerprint density at radius 2 is 1.48 bits per heavy atom. The lowest BCUT2D eigenvalue weighted by atomic mass is 10.1. The van der Waals surface area contributed by atoms with Crippen molar-refractivity contribution in [1.29, 1.82) is 0 Å². The molecule has 0 aliphatic rings. The van der Waals surface area contributed by atoms with Gasteiger partial charge >= 0.3 is 0 Å². The first-order valence-corrected chi connectivity index (χ1v) is 9.81. The van der Waals surface area contributed by atoms with Gasteiger partial charge in [0.1, 0.15) is 5.15 Å². The Labute approximate surface area is 178 Å². The molecule has 0 radical (unpaired) electrons. The maximum atomic E-state index is 12.7. The molecule has 0 fully saturated rings. The number of anilines is 1. The lowest BCUT2D eigenvalue weighted by molar-refractivity contribution is -0.115. The van der Waals surface area contributed by atoms with Gasteiger partial charge in [0.15, 0.2) is 0 Å². The van der Waals surface area contributed by atoms with Crippen LogP contribution in [0.25, 0.3) is 16.9 Å². The van der Waals surface area contributed by atoms with Crippen molar-refractivity contribution < 1.29 is 4.79 Å². The molecule has 1 N–H and O–H groups in total. The standard InChI is InChI=1S/C23H17Cl2N3O/c24-17-13-11-16(12-14-17)22-20(15-21(29)26-18-7-3-1-4-8-18)23(25)28(27-22)19-9-5-2-6-10-19/h1-14H,15H2,(H,26,29). The van der Waals surface area contributed by atoms with Crippen molar-refractivity contribution in [2.24, 2.45) is 0 Å². The van der Waals surface area contributed by atoms with Crippen LogP contribution in [0, 0.1) is 0 Å². The van der Waals surface area contributed by atoms with E-state index in [0.717, 1.165) is 16.9 Å². The summed E-state index contributed by atoms with van der Waals surface area (Å²) < 4.78 is 1.65. The van der Waals surface area contributed by atoms with Gasteiger partial charge in [-0.05, 0) is 36.4 Å². The van der Waals surface area contributed by atoms with E-state index in [9.17, 15) is 4.79 Å². The fourth-order valence-corrected chi connectivity index (χ4v) is 3.47. The molecule has 1 amide bonds. The van der Waals surface area contributed by atoms with E-state index in [2.05, 4.69) is 5.32 Å². The number of nitrogens with zero attached hydrogens (tertiary/aromatic N) is 2. The second kappa shape index (κ2) is 8.52.